The minimum Gasteiger partial charge on any atom is -0.487 e. The fourth-order valence-corrected chi connectivity index (χ4v) is 2.34. The Hall–Kier alpha value is -1.82. The summed E-state index contributed by atoms with van der Waals surface area (Å²) in [6, 6.07) is 1.68. The lowest BCUT2D eigenvalue weighted by molar-refractivity contribution is -0.161. The quantitative estimate of drug-likeness (QED) is 0.627. The molecule has 1 fully saturated rings. The number of aromatic nitrogens is 1. The van der Waals surface area contributed by atoms with Crippen molar-refractivity contribution < 1.29 is 19.1 Å². The number of esters is 1. The van der Waals surface area contributed by atoms with Gasteiger partial charge in [-0.3, -0.25) is 9.78 Å². The van der Waals surface area contributed by atoms with E-state index in [1.165, 1.54) is 11.1 Å². The Morgan fingerprint density at radius 3 is 3.05 bits per heavy atom. The monoisotopic (exact) mass is 312 g/mol. The molecule has 0 spiro atoms. The second-order valence-electron chi connectivity index (χ2n) is 4.66. The number of hydrogen-bond acceptors (Lipinski definition) is 5. The summed E-state index contributed by atoms with van der Waals surface area (Å²) < 4.78 is 10.5. The van der Waals surface area contributed by atoms with Gasteiger partial charge in [0.1, 0.15) is 16.9 Å². The zero-order valence-electron chi connectivity index (χ0n) is 11.8. The number of carbonyl (C=O) groups is 2. The maximum atomic E-state index is 11.9. The van der Waals surface area contributed by atoms with Crippen molar-refractivity contribution in [1.29, 1.82) is 0 Å². The van der Waals surface area contributed by atoms with Crippen LogP contribution >= 0.6 is 11.6 Å². The van der Waals surface area contributed by atoms with Crippen LogP contribution in [0.15, 0.2) is 18.5 Å². The van der Waals surface area contributed by atoms with E-state index in [-0.39, 0.29) is 12.7 Å². The van der Waals surface area contributed by atoms with Gasteiger partial charge in [0.25, 0.3) is 0 Å². The van der Waals surface area contributed by atoms with E-state index in [9.17, 15) is 9.59 Å². The molecule has 0 saturated carbocycles. The van der Waals surface area contributed by atoms with Gasteiger partial charge >= 0.3 is 11.9 Å². The van der Waals surface area contributed by atoms with Crippen LogP contribution < -0.4 is 4.74 Å². The first-order valence-electron chi connectivity index (χ1n) is 6.84. The van der Waals surface area contributed by atoms with E-state index in [1.807, 2.05) is 0 Å². The molecule has 21 heavy (non-hydrogen) atoms. The Kier molecular flexibility index (Phi) is 5.38. The fourth-order valence-electron chi connectivity index (χ4n) is 2.18. The summed E-state index contributed by atoms with van der Waals surface area (Å²) in [5.41, 5.74) is 0. The van der Waals surface area contributed by atoms with Crippen molar-refractivity contribution in [2.75, 3.05) is 19.7 Å². The van der Waals surface area contributed by atoms with Crippen molar-refractivity contribution in [3.05, 3.63) is 23.5 Å². The van der Waals surface area contributed by atoms with Gasteiger partial charge in [0.15, 0.2) is 0 Å². The van der Waals surface area contributed by atoms with Crippen molar-refractivity contribution in [3.8, 4) is 5.75 Å². The lowest BCUT2D eigenvalue weighted by atomic mass is 10.1. The molecular weight excluding hydrogens is 296 g/mol. The molecule has 114 valence electrons. The van der Waals surface area contributed by atoms with Gasteiger partial charge in [0.05, 0.1) is 13.2 Å². The molecule has 0 aliphatic carbocycles. The predicted molar refractivity (Wildman–Crippen MR) is 76.1 cm³/mol. The maximum Gasteiger partial charge on any atom is 0.397 e. The van der Waals surface area contributed by atoms with Crippen LogP contribution in [0.25, 0.3) is 0 Å². The summed E-state index contributed by atoms with van der Waals surface area (Å²) in [4.78, 5) is 28.7. The topological polar surface area (TPSA) is 68.7 Å². The first-order chi connectivity index (χ1) is 10.1. The molecule has 1 aliphatic heterocycles. The first-order valence-corrected chi connectivity index (χ1v) is 7.21. The maximum absolute atomic E-state index is 11.9. The highest BCUT2D eigenvalue weighted by Crippen LogP contribution is 2.25. The number of carbonyl (C=O) groups excluding carboxylic acids is 2. The van der Waals surface area contributed by atoms with Crippen LogP contribution in [0.3, 0.4) is 0 Å². The van der Waals surface area contributed by atoms with Crippen LogP contribution in [0, 0.1) is 0 Å². The Labute approximate surface area is 128 Å². The van der Waals surface area contributed by atoms with Gasteiger partial charge in [0, 0.05) is 25.0 Å². The van der Waals surface area contributed by atoms with E-state index in [2.05, 4.69) is 4.98 Å². The largest absolute Gasteiger partial charge is 0.487 e. The number of nitrogens with zero attached hydrogens (tertiary/aromatic N) is 2. The molecule has 1 saturated heterocycles. The second-order valence-corrected chi connectivity index (χ2v) is 5.07. The van der Waals surface area contributed by atoms with Crippen molar-refractivity contribution in [2.45, 2.75) is 25.9 Å². The van der Waals surface area contributed by atoms with E-state index < -0.39 is 11.9 Å². The standard InChI is InChI=1S/C14H17ClN2O4/c1-2-20-14(19)13(18)17-7-3-4-10(9-17)21-12-5-6-16-8-11(12)15/h5-6,8,10H,2-4,7,9H2,1H3. The molecule has 1 atom stereocenters. The zero-order valence-corrected chi connectivity index (χ0v) is 12.5. The average molecular weight is 313 g/mol. The van der Waals surface area contributed by atoms with Crippen LogP contribution in [0.2, 0.25) is 5.02 Å². The third-order valence-electron chi connectivity index (χ3n) is 3.14. The molecule has 7 heteroatoms. The molecule has 1 aliphatic rings. The number of pyridine rings is 1. The normalized spacial score (nSPS) is 18.2. The summed E-state index contributed by atoms with van der Waals surface area (Å²) >= 11 is 5.99. The molecular formula is C14H17ClN2O4. The number of likely N-dealkylation sites (tertiary alicyclic amines) is 1. The van der Waals surface area contributed by atoms with Gasteiger partial charge in [0.2, 0.25) is 0 Å². The van der Waals surface area contributed by atoms with Crippen molar-refractivity contribution in [3.63, 3.8) is 0 Å². The molecule has 6 nitrogen and oxygen atoms in total. The van der Waals surface area contributed by atoms with Gasteiger partial charge in [-0.2, -0.15) is 0 Å². The molecule has 0 bridgehead atoms. The van der Waals surface area contributed by atoms with E-state index in [0.29, 0.717) is 23.9 Å². The summed E-state index contributed by atoms with van der Waals surface area (Å²) in [7, 11) is 0. The molecule has 0 N–H and O–H groups in total. The van der Waals surface area contributed by atoms with E-state index >= 15 is 0 Å². The smallest absolute Gasteiger partial charge is 0.397 e. The molecule has 2 heterocycles. The third-order valence-corrected chi connectivity index (χ3v) is 3.43. The molecule has 2 rings (SSSR count). The summed E-state index contributed by atoms with van der Waals surface area (Å²) in [5.74, 6) is -0.909. The van der Waals surface area contributed by atoms with Crippen LogP contribution in [-0.2, 0) is 14.3 Å². The summed E-state index contributed by atoms with van der Waals surface area (Å²) in [6.07, 6.45) is 4.45. The number of amides is 1. The lowest BCUT2D eigenvalue weighted by Crippen LogP contribution is -2.47. The molecule has 0 radical (unpaired) electrons. The number of halogens is 1. The van der Waals surface area contributed by atoms with Crippen LogP contribution in [0.5, 0.6) is 5.75 Å². The Morgan fingerprint density at radius 1 is 1.52 bits per heavy atom. The Balaban J connectivity index is 1.96. The highest BCUT2D eigenvalue weighted by Gasteiger charge is 2.29. The summed E-state index contributed by atoms with van der Waals surface area (Å²) in [6.45, 7) is 2.72. The Bertz CT molecular complexity index is 523. The zero-order chi connectivity index (χ0) is 15.2. The fraction of sp³-hybridized carbons (Fsp3) is 0.500. The molecule has 1 aromatic rings. The van der Waals surface area contributed by atoms with Crippen LogP contribution in [0.4, 0.5) is 0 Å². The van der Waals surface area contributed by atoms with E-state index in [4.69, 9.17) is 21.1 Å². The van der Waals surface area contributed by atoms with Gasteiger partial charge < -0.3 is 14.4 Å². The molecule has 1 unspecified atom stereocenters. The van der Waals surface area contributed by atoms with E-state index in [0.717, 1.165) is 12.8 Å². The average Bonchev–Trinajstić information content (AvgIpc) is 2.49. The van der Waals surface area contributed by atoms with Crippen molar-refractivity contribution >= 4 is 23.5 Å². The highest BCUT2D eigenvalue weighted by atomic mass is 35.5. The third kappa shape index (κ3) is 4.07. The number of hydrogen-bond donors (Lipinski definition) is 0. The van der Waals surface area contributed by atoms with E-state index in [1.54, 1.807) is 19.2 Å². The van der Waals surface area contributed by atoms with Crippen molar-refractivity contribution in [1.82, 2.24) is 9.88 Å². The number of ether oxygens (including phenoxy) is 2. The van der Waals surface area contributed by atoms with Gasteiger partial charge in [-0.05, 0) is 19.8 Å². The minimum absolute atomic E-state index is 0.185. The predicted octanol–water partition coefficient (Wildman–Crippen LogP) is 1.67. The first kappa shape index (κ1) is 15.6. The molecule has 0 aromatic carbocycles. The van der Waals surface area contributed by atoms with Crippen LogP contribution in [0.1, 0.15) is 19.8 Å². The summed E-state index contributed by atoms with van der Waals surface area (Å²) in [5, 5.41) is 0.423. The van der Waals surface area contributed by atoms with Gasteiger partial charge in [-0.1, -0.05) is 11.6 Å². The second kappa shape index (κ2) is 7.26. The Morgan fingerprint density at radius 2 is 2.33 bits per heavy atom. The van der Waals surface area contributed by atoms with Gasteiger partial charge in [-0.25, -0.2) is 4.79 Å². The molecule has 1 amide bonds. The number of piperidine rings is 1. The highest BCUT2D eigenvalue weighted by molar-refractivity contribution is 6.32. The van der Waals surface area contributed by atoms with Gasteiger partial charge in [-0.15, -0.1) is 0 Å². The minimum atomic E-state index is -0.819. The molecule has 1 aromatic heterocycles. The van der Waals surface area contributed by atoms with Crippen LogP contribution in [-0.4, -0.2) is 47.6 Å². The number of rotatable bonds is 3. The lowest BCUT2D eigenvalue weighted by Gasteiger charge is -2.32. The van der Waals surface area contributed by atoms with Crippen molar-refractivity contribution in [2.24, 2.45) is 0 Å². The SMILES string of the molecule is CCOC(=O)C(=O)N1CCCC(Oc2ccncc2Cl)C1.